The highest BCUT2D eigenvalue weighted by Gasteiger charge is 2.67. The van der Waals surface area contributed by atoms with E-state index in [1.54, 1.807) is 20.8 Å². The van der Waals surface area contributed by atoms with Gasteiger partial charge in [-0.15, -0.1) is 0 Å². The number of esters is 1. The number of aliphatic imine (C=N–C) groups is 1. The Morgan fingerprint density at radius 1 is 0.923 bits per heavy atom. The van der Waals surface area contributed by atoms with Gasteiger partial charge in [0.25, 0.3) is 5.91 Å². The highest BCUT2D eigenvalue weighted by Crippen LogP contribution is 2.64. The number of hydrogen-bond acceptors (Lipinski definition) is 6. The number of nitrogens with zero attached hydrogens (tertiary/aromatic N) is 2. The first-order chi connectivity index (χ1) is 18.6. The molecule has 0 N–H and O–H groups in total. The van der Waals surface area contributed by atoms with E-state index in [4.69, 9.17) is 14.5 Å². The molecule has 2 aliphatic carbocycles. The maximum atomic E-state index is 13.7. The van der Waals surface area contributed by atoms with Gasteiger partial charge in [-0.25, -0.2) is 14.7 Å². The van der Waals surface area contributed by atoms with E-state index in [-0.39, 0.29) is 5.41 Å². The summed E-state index contributed by atoms with van der Waals surface area (Å²) in [5.74, 6) is -1.16. The van der Waals surface area contributed by atoms with Crippen LogP contribution in [-0.2, 0) is 30.1 Å². The van der Waals surface area contributed by atoms with E-state index in [1.807, 2.05) is 78.9 Å². The molecule has 1 heterocycles. The molecule has 1 unspecified atom stereocenters. The smallest absolute Gasteiger partial charge is 0.418 e. The normalized spacial score (nSPS) is 20.6. The van der Waals surface area contributed by atoms with Crippen LogP contribution in [0, 0.1) is 0 Å². The lowest BCUT2D eigenvalue weighted by Crippen LogP contribution is -2.41. The van der Waals surface area contributed by atoms with Gasteiger partial charge in [-0.3, -0.25) is 9.59 Å². The van der Waals surface area contributed by atoms with Crippen LogP contribution in [0.3, 0.4) is 0 Å². The molecular weight excluding hydrogens is 492 g/mol. The topological polar surface area (TPSA) is 85.3 Å². The minimum Gasteiger partial charge on any atom is -0.459 e. The van der Waals surface area contributed by atoms with Crippen molar-refractivity contribution in [2.45, 2.75) is 56.7 Å². The van der Waals surface area contributed by atoms with Gasteiger partial charge in [-0.1, -0.05) is 66.7 Å². The van der Waals surface area contributed by atoms with Crippen molar-refractivity contribution in [1.82, 2.24) is 4.90 Å². The molecule has 3 aliphatic rings. The van der Waals surface area contributed by atoms with Crippen molar-refractivity contribution >= 4 is 29.4 Å². The fraction of sp³-hybridized carbons (Fsp3) is 0.312. The van der Waals surface area contributed by atoms with Crippen molar-refractivity contribution in [3.63, 3.8) is 0 Å². The van der Waals surface area contributed by atoms with Crippen molar-refractivity contribution in [2.75, 3.05) is 6.54 Å². The number of carbonyl (C=O) groups is 3. The fourth-order valence-corrected chi connectivity index (χ4v) is 5.74. The molecule has 2 fully saturated rings. The Morgan fingerprint density at radius 2 is 1.54 bits per heavy atom. The van der Waals surface area contributed by atoms with Gasteiger partial charge in [0.2, 0.25) is 5.60 Å². The van der Waals surface area contributed by atoms with E-state index in [0.29, 0.717) is 12.0 Å². The van der Waals surface area contributed by atoms with Crippen molar-refractivity contribution in [1.29, 1.82) is 0 Å². The average molecular weight is 523 g/mol. The number of imide groups is 1. The van der Waals surface area contributed by atoms with E-state index >= 15 is 0 Å². The third kappa shape index (κ3) is 4.42. The summed E-state index contributed by atoms with van der Waals surface area (Å²) in [4.78, 5) is 44.9. The van der Waals surface area contributed by atoms with E-state index in [2.05, 4.69) is 0 Å². The first-order valence-corrected chi connectivity index (χ1v) is 13.2. The third-order valence-corrected chi connectivity index (χ3v) is 7.57. The van der Waals surface area contributed by atoms with E-state index < -0.39 is 35.7 Å². The zero-order valence-electron chi connectivity index (χ0n) is 22.3. The summed E-state index contributed by atoms with van der Waals surface area (Å²) >= 11 is 0. The number of fused-ring (bicyclic) bond motifs is 3. The maximum Gasteiger partial charge on any atom is 0.418 e. The summed E-state index contributed by atoms with van der Waals surface area (Å²) in [7, 11) is 0. The Morgan fingerprint density at radius 3 is 2.10 bits per heavy atom. The molecule has 1 aliphatic heterocycles. The van der Waals surface area contributed by atoms with Crippen LogP contribution < -0.4 is 0 Å². The molecule has 0 bridgehead atoms. The Bertz CT molecular complexity index is 1460. The van der Waals surface area contributed by atoms with Crippen LogP contribution in [0.2, 0.25) is 0 Å². The molecule has 6 rings (SSSR count). The quantitative estimate of drug-likeness (QED) is 0.312. The minimum absolute atomic E-state index is 0.238. The second kappa shape index (κ2) is 8.90. The largest absolute Gasteiger partial charge is 0.459 e. The molecule has 3 aromatic carbocycles. The van der Waals surface area contributed by atoms with Crippen LogP contribution in [0.1, 0.15) is 62.3 Å². The van der Waals surface area contributed by atoms with Crippen LogP contribution >= 0.6 is 0 Å². The summed E-state index contributed by atoms with van der Waals surface area (Å²) < 4.78 is 11.2. The second-order valence-electron chi connectivity index (χ2n) is 11.6. The van der Waals surface area contributed by atoms with Crippen LogP contribution in [0.4, 0.5) is 10.5 Å². The molecule has 1 saturated carbocycles. The molecule has 198 valence electrons. The van der Waals surface area contributed by atoms with E-state index in [0.717, 1.165) is 45.8 Å². The lowest BCUT2D eigenvalue weighted by atomic mass is 9.94. The predicted octanol–water partition coefficient (Wildman–Crippen LogP) is 5.81. The Hall–Kier alpha value is -4.26. The standard InChI is InChI=1S/C32H30N2O5/c1-30(2,3)38-26(35)19-34-28(36)32(39-29(34)37)20-31(16-17-31)25-18-23(14-15-24(25)32)33-27(21-10-6-4-7-11-21)22-12-8-5-9-13-22/h4-15,18H,16-17,19-20H2,1-3H3. The van der Waals surface area contributed by atoms with Crippen molar-refractivity contribution < 1.29 is 23.9 Å². The molecule has 7 nitrogen and oxygen atoms in total. The number of benzene rings is 3. The lowest BCUT2D eigenvalue weighted by molar-refractivity contribution is -0.157. The van der Waals surface area contributed by atoms with Gasteiger partial charge < -0.3 is 9.47 Å². The number of rotatable bonds is 5. The van der Waals surface area contributed by atoms with Gasteiger partial charge in [0.05, 0.1) is 11.4 Å². The molecule has 0 aromatic heterocycles. The number of carbonyl (C=O) groups excluding carboxylic acids is 3. The van der Waals surface area contributed by atoms with Crippen LogP contribution in [0.25, 0.3) is 0 Å². The maximum absolute atomic E-state index is 13.7. The molecule has 7 heteroatoms. The van der Waals surface area contributed by atoms with Gasteiger partial charge in [0.15, 0.2) is 0 Å². The summed E-state index contributed by atoms with van der Waals surface area (Å²) in [6, 6.07) is 25.8. The van der Waals surface area contributed by atoms with Gasteiger partial charge in [0.1, 0.15) is 12.1 Å². The van der Waals surface area contributed by atoms with Crippen LogP contribution in [-0.4, -0.2) is 40.7 Å². The number of hydrogen-bond donors (Lipinski definition) is 0. The Labute approximate surface area is 227 Å². The number of amides is 2. The fourth-order valence-electron chi connectivity index (χ4n) is 5.74. The zero-order valence-corrected chi connectivity index (χ0v) is 22.3. The monoisotopic (exact) mass is 522 g/mol. The van der Waals surface area contributed by atoms with Crippen LogP contribution in [0.5, 0.6) is 0 Å². The summed E-state index contributed by atoms with van der Waals surface area (Å²) in [5.41, 5.74) is 2.90. The van der Waals surface area contributed by atoms with Gasteiger partial charge >= 0.3 is 12.1 Å². The SMILES string of the molecule is CC(C)(C)OC(=O)CN1C(=O)OC2(CC3(CC3)c3cc(N=C(c4ccccc4)c4ccccc4)ccc32)C1=O. The second-order valence-corrected chi connectivity index (χ2v) is 11.6. The molecule has 39 heavy (non-hydrogen) atoms. The van der Waals surface area contributed by atoms with Gasteiger partial charge in [-0.05, 0) is 51.3 Å². The zero-order chi connectivity index (χ0) is 27.4. The molecule has 0 radical (unpaired) electrons. The summed E-state index contributed by atoms with van der Waals surface area (Å²) in [6.45, 7) is 4.74. The highest BCUT2D eigenvalue weighted by atomic mass is 16.6. The Balaban J connectivity index is 1.37. The number of ether oxygens (including phenoxy) is 2. The average Bonchev–Trinajstić information content (AvgIpc) is 3.58. The third-order valence-electron chi connectivity index (χ3n) is 7.57. The molecule has 3 aromatic rings. The Kier molecular flexibility index (Phi) is 5.72. The van der Waals surface area contributed by atoms with Crippen molar-refractivity contribution in [3.05, 3.63) is 101 Å². The molecule has 2 amide bonds. The summed E-state index contributed by atoms with van der Waals surface area (Å²) in [5, 5.41) is 0. The first kappa shape index (κ1) is 25.0. The molecule has 1 atom stereocenters. The van der Waals surface area contributed by atoms with Crippen molar-refractivity contribution in [3.8, 4) is 0 Å². The van der Waals surface area contributed by atoms with E-state index in [9.17, 15) is 14.4 Å². The summed E-state index contributed by atoms with van der Waals surface area (Å²) in [6.07, 6.45) is 1.36. The van der Waals surface area contributed by atoms with Gasteiger partial charge in [-0.2, -0.15) is 0 Å². The van der Waals surface area contributed by atoms with E-state index in [1.165, 1.54) is 0 Å². The predicted molar refractivity (Wildman–Crippen MR) is 146 cm³/mol. The molecule has 2 spiro atoms. The molecular formula is C32H30N2O5. The first-order valence-electron chi connectivity index (χ1n) is 13.2. The van der Waals surface area contributed by atoms with Gasteiger partial charge in [0, 0.05) is 28.5 Å². The highest BCUT2D eigenvalue weighted by molar-refractivity contribution is 6.14. The lowest BCUT2D eigenvalue weighted by Gasteiger charge is -2.22. The minimum atomic E-state index is -1.42. The molecule has 1 saturated heterocycles. The van der Waals surface area contributed by atoms with Crippen molar-refractivity contribution in [2.24, 2.45) is 4.99 Å². The van der Waals surface area contributed by atoms with Crippen LogP contribution in [0.15, 0.2) is 83.9 Å².